The number of hydrogen-bond acceptors (Lipinski definition) is 2. The molecule has 2 atom stereocenters. The highest BCUT2D eigenvalue weighted by atomic mass is 32.2. The zero-order valence-corrected chi connectivity index (χ0v) is 7.43. The molecule has 0 aromatic carbocycles. The number of rotatable bonds is 3. The summed E-state index contributed by atoms with van der Waals surface area (Å²) < 4.78 is 0. The summed E-state index contributed by atoms with van der Waals surface area (Å²) in [6.07, 6.45) is 2.13. The molecule has 0 aromatic heterocycles. The standard InChI is InChI=1S/C6H14S2/c1-5(4-8-3)6(2)7/h5-7H,4H2,1-3H3. The molecule has 0 spiro atoms. The van der Waals surface area contributed by atoms with Gasteiger partial charge in [-0.25, -0.2) is 0 Å². The Labute approximate surface area is 61.8 Å². The Morgan fingerprint density at radius 1 is 1.50 bits per heavy atom. The molecule has 2 heteroatoms. The SMILES string of the molecule is CSCC(C)C(C)S. The minimum absolute atomic E-state index is 0.544. The summed E-state index contributed by atoms with van der Waals surface area (Å²) in [4.78, 5) is 0. The lowest BCUT2D eigenvalue weighted by Gasteiger charge is -2.11. The van der Waals surface area contributed by atoms with Crippen molar-refractivity contribution in [2.75, 3.05) is 12.0 Å². The van der Waals surface area contributed by atoms with Crippen LogP contribution in [0.5, 0.6) is 0 Å². The minimum atomic E-state index is 0.544. The van der Waals surface area contributed by atoms with Gasteiger partial charge in [0.1, 0.15) is 0 Å². The Bertz CT molecular complexity index is 52.5. The third-order valence-corrected chi connectivity index (χ3v) is 2.62. The van der Waals surface area contributed by atoms with Crippen molar-refractivity contribution in [3.63, 3.8) is 0 Å². The van der Waals surface area contributed by atoms with E-state index in [9.17, 15) is 0 Å². The van der Waals surface area contributed by atoms with E-state index in [2.05, 4.69) is 32.7 Å². The van der Waals surface area contributed by atoms with Crippen LogP contribution < -0.4 is 0 Å². The van der Waals surface area contributed by atoms with Crippen molar-refractivity contribution in [1.82, 2.24) is 0 Å². The van der Waals surface area contributed by atoms with Gasteiger partial charge in [0, 0.05) is 5.25 Å². The fourth-order valence-electron chi connectivity index (χ4n) is 0.402. The molecule has 8 heavy (non-hydrogen) atoms. The van der Waals surface area contributed by atoms with Crippen LogP contribution in [0, 0.1) is 5.92 Å². The van der Waals surface area contributed by atoms with Crippen LogP contribution in [0.25, 0.3) is 0 Å². The van der Waals surface area contributed by atoms with E-state index in [0.717, 1.165) is 5.92 Å². The third-order valence-electron chi connectivity index (χ3n) is 1.25. The van der Waals surface area contributed by atoms with Crippen molar-refractivity contribution in [3.8, 4) is 0 Å². The molecule has 0 saturated carbocycles. The zero-order valence-electron chi connectivity index (χ0n) is 5.72. The van der Waals surface area contributed by atoms with Gasteiger partial charge in [0.15, 0.2) is 0 Å². The van der Waals surface area contributed by atoms with Gasteiger partial charge in [-0.3, -0.25) is 0 Å². The zero-order chi connectivity index (χ0) is 6.57. The van der Waals surface area contributed by atoms with Crippen LogP contribution in [-0.4, -0.2) is 17.3 Å². The molecular formula is C6H14S2. The highest BCUT2D eigenvalue weighted by molar-refractivity contribution is 7.98. The molecule has 50 valence electrons. The maximum Gasteiger partial charge on any atom is 0.00219 e. The summed E-state index contributed by atoms with van der Waals surface area (Å²) in [6.45, 7) is 4.37. The van der Waals surface area contributed by atoms with Gasteiger partial charge in [-0.1, -0.05) is 13.8 Å². The molecule has 0 aromatic rings. The Kier molecular flexibility index (Phi) is 4.97. The van der Waals surface area contributed by atoms with Gasteiger partial charge in [0.2, 0.25) is 0 Å². The second-order valence-corrected chi connectivity index (χ2v) is 3.90. The lowest BCUT2D eigenvalue weighted by atomic mass is 10.1. The van der Waals surface area contributed by atoms with Crippen molar-refractivity contribution in [3.05, 3.63) is 0 Å². The van der Waals surface area contributed by atoms with Gasteiger partial charge in [-0.2, -0.15) is 24.4 Å². The Morgan fingerprint density at radius 2 is 2.00 bits per heavy atom. The van der Waals surface area contributed by atoms with E-state index in [1.165, 1.54) is 5.75 Å². The highest BCUT2D eigenvalue weighted by Gasteiger charge is 2.04. The van der Waals surface area contributed by atoms with Gasteiger partial charge in [-0.05, 0) is 17.9 Å². The molecule has 0 aliphatic heterocycles. The van der Waals surface area contributed by atoms with E-state index in [1.54, 1.807) is 0 Å². The monoisotopic (exact) mass is 150 g/mol. The lowest BCUT2D eigenvalue weighted by molar-refractivity contribution is 0.657. The summed E-state index contributed by atoms with van der Waals surface area (Å²) in [5.41, 5.74) is 0. The first kappa shape index (κ1) is 8.70. The number of thiol groups is 1. The molecule has 0 aliphatic carbocycles. The quantitative estimate of drug-likeness (QED) is 0.602. The van der Waals surface area contributed by atoms with Crippen molar-refractivity contribution in [2.24, 2.45) is 5.92 Å². The average Bonchev–Trinajstić information content (AvgIpc) is 1.67. The maximum absolute atomic E-state index is 4.31. The first-order valence-corrected chi connectivity index (χ1v) is 4.76. The number of hydrogen-bond donors (Lipinski definition) is 1. The fourth-order valence-corrected chi connectivity index (χ4v) is 1.46. The van der Waals surface area contributed by atoms with Crippen LogP contribution in [-0.2, 0) is 0 Å². The molecule has 0 nitrogen and oxygen atoms in total. The van der Waals surface area contributed by atoms with Gasteiger partial charge >= 0.3 is 0 Å². The largest absolute Gasteiger partial charge is 0.176 e. The average molecular weight is 150 g/mol. The van der Waals surface area contributed by atoms with E-state index in [1.807, 2.05) is 11.8 Å². The topological polar surface area (TPSA) is 0 Å². The van der Waals surface area contributed by atoms with E-state index >= 15 is 0 Å². The molecule has 0 N–H and O–H groups in total. The van der Waals surface area contributed by atoms with Gasteiger partial charge in [0.25, 0.3) is 0 Å². The first-order chi connectivity index (χ1) is 3.68. The molecule has 0 radical (unpaired) electrons. The van der Waals surface area contributed by atoms with E-state index in [-0.39, 0.29) is 0 Å². The second-order valence-electron chi connectivity index (χ2n) is 2.17. The van der Waals surface area contributed by atoms with Crippen molar-refractivity contribution in [1.29, 1.82) is 0 Å². The van der Waals surface area contributed by atoms with Gasteiger partial charge < -0.3 is 0 Å². The van der Waals surface area contributed by atoms with Crippen LogP contribution in [0.3, 0.4) is 0 Å². The van der Waals surface area contributed by atoms with Crippen molar-refractivity contribution >= 4 is 24.4 Å². The van der Waals surface area contributed by atoms with Gasteiger partial charge in [0.05, 0.1) is 0 Å². The maximum atomic E-state index is 4.31. The molecule has 0 aliphatic rings. The van der Waals surface area contributed by atoms with Crippen molar-refractivity contribution in [2.45, 2.75) is 19.1 Å². The summed E-state index contributed by atoms with van der Waals surface area (Å²) in [5.74, 6) is 1.97. The summed E-state index contributed by atoms with van der Waals surface area (Å²) in [7, 11) is 0. The normalized spacial score (nSPS) is 18.0. The predicted octanol–water partition coefficient (Wildman–Crippen LogP) is 2.30. The Balaban J connectivity index is 3.17. The summed E-state index contributed by atoms with van der Waals surface area (Å²) in [5, 5.41) is 0.544. The van der Waals surface area contributed by atoms with Crippen LogP contribution in [0.2, 0.25) is 0 Å². The van der Waals surface area contributed by atoms with Crippen LogP contribution in [0.4, 0.5) is 0 Å². The molecule has 2 unspecified atom stereocenters. The molecule has 0 fully saturated rings. The predicted molar refractivity (Wildman–Crippen MR) is 46.0 cm³/mol. The van der Waals surface area contributed by atoms with Crippen LogP contribution in [0.15, 0.2) is 0 Å². The second kappa shape index (κ2) is 4.57. The fraction of sp³-hybridized carbons (Fsp3) is 1.00. The van der Waals surface area contributed by atoms with Gasteiger partial charge in [-0.15, -0.1) is 0 Å². The third kappa shape index (κ3) is 3.67. The first-order valence-electron chi connectivity index (χ1n) is 2.85. The highest BCUT2D eigenvalue weighted by Crippen LogP contribution is 2.12. The molecule has 0 saturated heterocycles. The van der Waals surface area contributed by atoms with Crippen LogP contribution in [0.1, 0.15) is 13.8 Å². The van der Waals surface area contributed by atoms with Crippen molar-refractivity contribution < 1.29 is 0 Å². The molecule has 0 bridgehead atoms. The lowest BCUT2D eigenvalue weighted by Crippen LogP contribution is -2.08. The van der Waals surface area contributed by atoms with Crippen LogP contribution >= 0.6 is 24.4 Å². The number of thioether (sulfide) groups is 1. The molecule has 0 heterocycles. The van der Waals surface area contributed by atoms with E-state index < -0.39 is 0 Å². The van der Waals surface area contributed by atoms with E-state index in [0.29, 0.717) is 5.25 Å². The smallest absolute Gasteiger partial charge is 0.00219 e. The molecule has 0 amide bonds. The molecule has 0 rings (SSSR count). The summed E-state index contributed by atoms with van der Waals surface area (Å²) >= 11 is 6.20. The summed E-state index contributed by atoms with van der Waals surface area (Å²) in [6, 6.07) is 0. The minimum Gasteiger partial charge on any atom is -0.176 e. The van der Waals surface area contributed by atoms with E-state index in [4.69, 9.17) is 0 Å². The Morgan fingerprint density at radius 3 is 2.12 bits per heavy atom. The molecular weight excluding hydrogens is 136 g/mol. The Hall–Kier alpha value is 0.700.